The Bertz CT molecular complexity index is 652. The SMILES string of the molecule is CCOc1ccccc1N1CCN(Cc2nsc(N(C)C)n2)CC1. The molecule has 1 aromatic heterocycles. The summed E-state index contributed by atoms with van der Waals surface area (Å²) in [6.07, 6.45) is 0. The van der Waals surface area contributed by atoms with Crippen molar-refractivity contribution in [2.24, 2.45) is 0 Å². The average molecular weight is 347 g/mol. The lowest BCUT2D eigenvalue weighted by molar-refractivity contribution is 0.244. The Morgan fingerprint density at radius 1 is 1.17 bits per heavy atom. The normalized spacial score (nSPS) is 15.5. The molecule has 1 fully saturated rings. The van der Waals surface area contributed by atoms with Crippen LogP contribution < -0.4 is 14.5 Å². The molecule has 6 nitrogen and oxygen atoms in total. The fourth-order valence-corrected chi connectivity index (χ4v) is 3.43. The van der Waals surface area contributed by atoms with Gasteiger partial charge in [0.1, 0.15) is 5.75 Å². The van der Waals surface area contributed by atoms with Crippen molar-refractivity contribution in [3.8, 4) is 5.75 Å². The lowest BCUT2D eigenvalue weighted by Crippen LogP contribution is -2.46. The summed E-state index contributed by atoms with van der Waals surface area (Å²) in [5, 5.41) is 0.967. The minimum Gasteiger partial charge on any atom is -0.492 e. The molecule has 2 aromatic rings. The molecule has 0 radical (unpaired) electrons. The molecular weight excluding hydrogens is 322 g/mol. The van der Waals surface area contributed by atoms with Gasteiger partial charge in [0.15, 0.2) is 5.82 Å². The Morgan fingerprint density at radius 3 is 2.58 bits per heavy atom. The number of ether oxygens (including phenoxy) is 1. The number of aromatic nitrogens is 2. The summed E-state index contributed by atoms with van der Waals surface area (Å²) in [5.74, 6) is 1.90. The lowest BCUT2D eigenvalue weighted by Gasteiger charge is -2.36. The highest BCUT2D eigenvalue weighted by atomic mass is 32.1. The van der Waals surface area contributed by atoms with E-state index < -0.39 is 0 Å². The first kappa shape index (κ1) is 17.0. The molecule has 1 saturated heterocycles. The van der Waals surface area contributed by atoms with E-state index in [9.17, 15) is 0 Å². The number of anilines is 2. The van der Waals surface area contributed by atoms with Crippen molar-refractivity contribution in [3.05, 3.63) is 30.1 Å². The minimum absolute atomic E-state index is 0.695. The molecule has 0 aliphatic carbocycles. The van der Waals surface area contributed by atoms with Crippen LogP contribution in [0.5, 0.6) is 5.75 Å². The fourth-order valence-electron chi connectivity index (χ4n) is 2.83. The van der Waals surface area contributed by atoms with Gasteiger partial charge in [-0.25, -0.2) is 4.98 Å². The standard InChI is InChI=1S/C17H25N5OS/c1-4-23-15-8-6-5-7-14(15)22-11-9-21(10-12-22)13-16-18-17(20(2)3)24-19-16/h5-8H,4,9-13H2,1-3H3. The predicted octanol–water partition coefficient (Wildman–Crippen LogP) is 2.33. The van der Waals surface area contributed by atoms with E-state index in [1.807, 2.05) is 38.1 Å². The zero-order chi connectivity index (χ0) is 16.9. The molecule has 0 unspecified atom stereocenters. The van der Waals surface area contributed by atoms with Crippen molar-refractivity contribution < 1.29 is 4.74 Å². The van der Waals surface area contributed by atoms with E-state index >= 15 is 0 Å². The second-order valence-corrected chi connectivity index (χ2v) is 6.78. The summed E-state index contributed by atoms with van der Waals surface area (Å²) in [6, 6.07) is 8.30. The summed E-state index contributed by atoms with van der Waals surface area (Å²) in [4.78, 5) is 11.4. The maximum atomic E-state index is 5.76. The summed E-state index contributed by atoms with van der Waals surface area (Å²) in [5.41, 5.74) is 1.20. The number of rotatable bonds is 6. The fraction of sp³-hybridized carbons (Fsp3) is 0.529. The van der Waals surface area contributed by atoms with Crippen molar-refractivity contribution in [2.45, 2.75) is 13.5 Å². The molecule has 7 heteroatoms. The highest BCUT2D eigenvalue weighted by molar-refractivity contribution is 7.09. The zero-order valence-electron chi connectivity index (χ0n) is 14.6. The van der Waals surface area contributed by atoms with E-state index in [-0.39, 0.29) is 0 Å². The van der Waals surface area contributed by atoms with Crippen LogP contribution in [0.25, 0.3) is 0 Å². The molecule has 2 heterocycles. The third kappa shape index (κ3) is 3.96. The van der Waals surface area contributed by atoms with Gasteiger partial charge < -0.3 is 14.5 Å². The quantitative estimate of drug-likeness (QED) is 0.799. The summed E-state index contributed by atoms with van der Waals surface area (Å²) in [6.45, 7) is 7.56. The molecule has 130 valence electrons. The molecule has 0 atom stereocenters. The van der Waals surface area contributed by atoms with Crippen LogP contribution in [0.3, 0.4) is 0 Å². The Balaban J connectivity index is 1.57. The largest absolute Gasteiger partial charge is 0.492 e. The Hall–Kier alpha value is -1.86. The van der Waals surface area contributed by atoms with Gasteiger partial charge in [-0.3, -0.25) is 4.90 Å². The van der Waals surface area contributed by atoms with E-state index in [1.54, 1.807) is 0 Å². The van der Waals surface area contributed by atoms with Gasteiger partial charge in [0, 0.05) is 51.8 Å². The van der Waals surface area contributed by atoms with Gasteiger partial charge in [-0.05, 0) is 19.1 Å². The van der Waals surface area contributed by atoms with Crippen LogP contribution in [-0.4, -0.2) is 61.1 Å². The van der Waals surface area contributed by atoms with Crippen LogP contribution in [0.15, 0.2) is 24.3 Å². The number of benzene rings is 1. The summed E-state index contributed by atoms with van der Waals surface area (Å²) < 4.78 is 10.2. The minimum atomic E-state index is 0.695. The smallest absolute Gasteiger partial charge is 0.204 e. The number of hydrogen-bond acceptors (Lipinski definition) is 7. The Kier molecular flexibility index (Phi) is 5.52. The van der Waals surface area contributed by atoms with Crippen LogP contribution in [-0.2, 0) is 6.54 Å². The monoisotopic (exact) mass is 347 g/mol. The molecule has 0 N–H and O–H groups in total. The van der Waals surface area contributed by atoms with E-state index in [4.69, 9.17) is 4.74 Å². The van der Waals surface area contributed by atoms with Crippen LogP contribution in [0.1, 0.15) is 12.7 Å². The third-order valence-electron chi connectivity index (χ3n) is 4.08. The maximum absolute atomic E-state index is 5.76. The molecule has 1 aliphatic heterocycles. The van der Waals surface area contributed by atoms with Crippen molar-refractivity contribution in [1.29, 1.82) is 0 Å². The molecule has 3 rings (SSSR count). The van der Waals surface area contributed by atoms with Gasteiger partial charge in [0.05, 0.1) is 18.8 Å². The highest BCUT2D eigenvalue weighted by Gasteiger charge is 2.21. The number of nitrogens with zero attached hydrogens (tertiary/aromatic N) is 5. The third-order valence-corrected chi connectivity index (χ3v) is 5.00. The van der Waals surface area contributed by atoms with Gasteiger partial charge in [0.25, 0.3) is 0 Å². The second-order valence-electron chi connectivity index (χ2n) is 6.05. The van der Waals surface area contributed by atoms with Crippen LogP contribution in [0.4, 0.5) is 10.8 Å². The van der Waals surface area contributed by atoms with E-state index in [2.05, 4.69) is 31.3 Å². The molecule has 1 aromatic carbocycles. The van der Waals surface area contributed by atoms with E-state index in [0.717, 1.165) is 49.4 Å². The van der Waals surface area contributed by atoms with Crippen LogP contribution in [0.2, 0.25) is 0 Å². The molecule has 0 saturated carbocycles. The van der Waals surface area contributed by atoms with Gasteiger partial charge >= 0.3 is 0 Å². The molecule has 0 spiro atoms. The average Bonchev–Trinajstić information content (AvgIpc) is 3.05. The number of para-hydroxylation sites is 2. The van der Waals surface area contributed by atoms with Crippen molar-refractivity contribution >= 4 is 22.4 Å². The van der Waals surface area contributed by atoms with Gasteiger partial charge in [-0.15, -0.1) is 0 Å². The molecule has 0 bridgehead atoms. The summed E-state index contributed by atoms with van der Waals surface area (Å²) in [7, 11) is 4.00. The topological polar surface area (TPSA) is 44.7 Å². The summed E-state index contributed by atoms with van der Waals surface area (Å²) >= 11 is 1.46. The van der Waals surface area contributed by atoms with E-state index in [1.165, 1.54) is 17.2 Å². The maximum Gasteiger partial charge on any atom is 0.204 e. The van der Waals surface area contributed by atoms with E-state index in [0.29, 0.717) is 6.61 Å². The lowest BCUT2D eigenvalue weighted by atomic mass is 10.2. The van der Waals surface area contributed by atoms with Crippen LogP contribution >= 0.6 is 11.5 Å². The number of hydrogen-bond donors (Lipinski definition) is 0. The van der Waals surface area contributed by atoms with Gasteiger partial charge in [0.2, 0.25) is 5.13 Å². The highest BCUT2D eigenvalue weighted by Crippen LogP contribution is 2.29. The van der Waals surface area contributed by atoms with Gasteiger partial charge in [-0.2, -0.15) is 4.37 Å². The first-order valence-electron chi connectivity index (χ1n) is 8.36. The Labute approximate surface area is 147 Å². The Morgan fingerprint density at radius 2 is 1.92 bits per heavy atom. The first-order valence-corrected chi connectivity index (χ1v) is 9.13. The molecule has 0 amide bonds. The zero-order valence-corrected chi connectivity index (χ0v) is 15.4. The van der Waals surface area contributed by atoms with Gasteiger partial charge in [-0.1, -0.05) is 12.1 Å². The van der Waals surface area contributed by atoms with Crippen molar-refractivity contribution in [1.82, 2.24) is 14.3 Å². The van der Waals surface area contributed by atoms with Crippen LogP contribution in [0, 0.1) is 0 Å². The van der Waals surface area contributed by atoms with Crippen molar-refractivity contribution in [3.63, 3.8) is 0 Å². The second kappa shape index (κ2) is 7.81. The molecular formula is C17H25N5OS. The predicted molar refractivity (Wildman–Crippen MR) is 99.3 cm³/mol. The first-order chi connectivity index (χ1) is 11.7. The van der Waals surface area contributed by atoms with Crippen molar-refractivity contribution in [2.75, 3.05) is 56.7 Å². The number of piperazine rings is 1. The molecule has 24 heavy (non-hydrogen) atoms. The molecule has 1 aliphatic rings.